The molecular weight excluding hydrogens is 178 g/mol. The molecule has 1 aliphatic carbocycles. The predicted octanol–water partition coefficient (Wildman–Crippen LogP) is 0.898. The van der Waals surface area contributed by atoms with Crippen LogP contribution < -0.4 is 5.32 Å². The number of rotatable bonds is 6. The monoisotopic (exact) mass is 201 g/mol. The summed E-state index contributed by atoms with van der Waals surface area (Å²) in [6.45, 7) is 5.31. The van der Waals surface area contributed by atoms with Crippen molar-refractivity contribution in [2.75, 3.05) is 13.1 Å². The molecule has 0 aromatic carbocycles. The van der Waals surface area contributed by atoms with Gasteiger partial charge in [0.25, 0.3) is 0 Å². The molecule has 0 spiro atoms. The SMILES string of the molecule is CCNCC(O)CC(C)(O)C1CCC1. The minimum Gasteiger partial charge on any atom is -0.392 e. The minimum absolute atomic E-state index is 0.402. The Labute approximate surface area is 86.5 Å². The maximum absolute atomic E-state index is 10.1. The van der Waals surface area contributed by atoms with Crippen molar-refractivity contribution in [3.63, 3.8) is 0 Å². The third-order valence-electron chi connectivity index (χ3n) is 3.26. The van der Waals surface area contributed by atoms with Crippen LogP contribution in [0.25, 0.3) is 0 Å². The molecule has 3 nitrogen and oxygen atoms in total. The van der Waals surface area contributed by atoms with E-state index in [0.717, 1.165) is 19.4 Å². The quantitative estimate of drug-likeness (QED) is 0.598. The summed E-state index contributed by atoms with van der Waals surface area (Å²) in [4.78, 5) is 0. The van der Waals surface area contributed by atoms with E-state index in [-0.39, 0.29) is 0 Å². The molecule has 0 heterocycles. The second-order valence-electron chi connectivity index (χ2n) is 4.65. The first-order chi connectivity index (χ1) is 6.56. The van der Waals surface area contributed by atoms with E-state index in [9.17, 15) is 10.2 Å². The molecule has 0 aromatic rings. The van der Waals surface area contributed by atoms with Crippen molar-refractivity contribution in [2.45, 2.75) is 51.2 Å². The lowest BCUT2D eigenvalue weighted by Crippen LogP contribution is -2.43. The smallest absolute Gasteiger partial charge is 0.0691 e. The van der Waals surface area contributed by atoms with Crippen LogP contribution in [0.5, 0.6) is 0 Å². The highest BCUT2D eigenvalue weighted by Crippen LogP contribution is 2.38. The topological polar surface area (TPSA) is 52.5 Å². The highest BCUT2D eigenvalue weighted by molar-refractivity contribution is 4.89. The second-order valence-corrected chi connectivity index (χ2v) is 4.65. The fraction of sp³-hybridized carbons (Fsp3) is 1.00. The van der Waals surface area contributed by atoms with Crippen molar-refractivity contribution in [1.29, 1.82) is 0 Å². The Hall–Kier alpha value is -0.120. The van der Waals surface area contributed by atoms with E-state index in [2.05, 4.69) is 5.32 Å². The molecule has 14 heavy (non-hydrogen) atoms. The summed E-state index contributed by atoms with van der Waals surface area (Å²) in [5.74, 6) is 0.402. The summed E-state index contributed by atoms with van der Waals surface area (Å²) >= 11 is 0. The lowest BCUT2D eigenvalue weighted by Gasteiger charge is -2.40. The van der Waals surface area contributed by atoms with Gasteiger partial charge in [0.2, 0.25) is 0 Å². The number of hydrogen-bond acceptors (Lipinski definition) is 3. The normalized spacial score (nSPS) is 24.0. The summed E-state index contributed by atoms with van der Waals surface area (Å²) in [5.41, 5.74) is -0.674. The summed E-state index contributed by atoms with van der Waals surface area (Å²) < 4.78 is 0. The third-order valence-corrected chi connectivity index (χ3v) is 3.26. The summed E-state index contributed by atoms with van der Waals surface area (Å²) in [6.07, 6.45) is 3.52. The number of aliphatic hydroxyl groups is 2. The van der Waals surface area contributed by atoms with Crippen LogP contribution in [-0.2, 0) is 0 Å². The van der Waals surface area contributed by atoms with E-state index in [1.54, 1.807) is 0 Å². The zero-order chi connectivity index (χ0) is 10.6. The van der Waals surface area contributed by atoms with Crippen molar-refractivity contribution in [1.82, 2.24) is 5.32 Å². The highest BCUT2D eigenvalue weighted by Gasteiger charge is 2.37. The molecule has 0 saturated heterocycles. The average molecular weight is 201 g/mol. The maximum atomic E-state index is 10.1. The first kappa shape index (κ1) is 12.0. The van der Waals surface area contributed by atoms with Gasteiger partial charge in [0, 0.05) is 13.0 Å². The molecule has 0 aromatic heterocycles. The van der Waals surface area contributed by atoms with Gasteiger partial charge in [-0.3, -0.25) is 0 Å². The molecule has 1 fully saturated rings. The van der Waals surface area contributed by atoms with E-state index < -0.39 is 11.7 Å². The Kier molecular flexibility index (Phi) is 4.35. The predicted molar refractivity (Wildman–Crippen MR) is 57.1 cm³/mol. The number of aliphatic hydroxyl groups excluding tert-OH is 1. The minimum atomic E-state index is -0.674. The van der Waals surface area contributed by atoms with Gasteiger partial charge < -0.3 is 15.5 Å². The fourth-order valence-electron chi connectivity index (χ4n) is 2.06. The zero-order valence-electron chi connectivity index (χ0n) is 9.29. The van der Waals surface area contributed by atoms with Crippen LogP contribution in [-0.4, -0.2) is 35.0 Å². The number of nitrogens with one attached hydrogen (secondary N) is 1. The van der Waals surface area contributed by atoms with Gasteiger partial charge in [-0.05, 0) is 32.2 Å². The second kappa shape index (κ2) is 5.10. The Balaban J connectivity index is 2.25. The van der Waals surface area contributed by atoms with Crippen molar-refractivity contribution in [3.05, 3.63) is 0 Å². The highest BCUT2D eigenvalue weighted by atomic mass is 16.3. The zero-order valence-corrected chi connectivity index (χ0v) is 9.29. The van der Waals surface area contributed by atoms with Crippen LogP contribution in [0, 0.1) is 5.92 Å². The molecule has 0 bridgehead atoms. The van der Waals surface area contributed by atoms with Crippen LogP contribution in [0.15, 0.2) is 0 Å². The lowest BCUT2D eigenvalue weighted by atomic mass is 9.71. The molecule has 1 aliphatic rings. The fourth-order valence-corrected chi connectivity index (χ4v) is 2.06. The molecule has 2 atom stereocenters. The molecule has 3 N–H and O–H groups in total. The van der Waals surface area contributed by atoms with E-state index in [0.29, 0.717) is 18.9 Å². The standard InChI is InChI=1S/C11H23NO2/c1-3-12-8-10(13)7-11(2,14)9-5-4-6-9/h9-10,12-14H,3-8H2,1-2H3. The van der Waals surface area contributed by atoms with Gasteiger partial charge in [-0.15, -0.1) is 0 Å². The molecule has 0 radical (unpaired) electrons. The number of likely N-dealkylation sites (N-methyl/N-ethyl adjacent to an activating group) is 1. The first-order valence-corrected chi connectivity index (χ1v) is 5.67. The largest absolute Gasteiger partial charge is 0.392 e. The van der Waals surface area contributed by atoms with Crippen molar-refractivity contribution >= 4 is 0 Å². The maximum Gasteiger partial charge on any atom is 0.0691 e. The molecule has 3 heteroatoms. The lowest BCUT2D eigenvalue weighted by molar-refractivity contribution is -0.0665. The van der Waals surface area contributed by atoms with Crippen LogP contribution in [0.4, 0.5) is 0 Å². The number of hydrogen-bond donors (Lipinski definition) is 3. The summed E-state index contributed by atoms with van der Waals surface area (Å²) in [5, 5.41) is 22.9. The molecule has 0 aliphatic heterocycles. The molecular formula is C11H23NO2. The van der Waals surface area contributed by atoms with E-state index >= 15 is 0 Å². The van der Waals surface area contributed by atoms with Gasteiger partial charge in [0.15, 0.2) is 0 Å². The van der Waals surface area contributed by atoms with Gasteiger partial charge in [0.05, 0.1) is 11.7 Å². The molecule has 1 saturated carbocycles. The van der Waals surface area contributed by atoms with Crippen molar-refractivity contribution in [3.8, 4) is 0 Å². The van der Waals surface area contributed by atoms with Gasteiger partial charge in [-0.2, -0.15) is 0 Å². The van der Waals surface area contributed by atoms with Gasteiger partial charge in [0.1, 0.15) is 0 Å². The van der Waals surface area contributed by atoms with Crippen LogP contribution in [0.1, 0.15) is 39.5 Å². The Morgan fingerprint density at radius 1 is 1.50 bits per heavy atom. The Morgan fingerprint density at radius 2 is 2.14 bits per heavy atom. The van der Waals surface area contributed by atoms with Crippen LogP contribution >= 0.6 is 0 Å². The van der Waals surface area contributed by atoms with Gasteiger partial charge in [-0.1, -0.05) is 13.3 Å². The van der Waals surface area contributed by atoms with Crippen molar-refractivity contribution in [2.24, 2.45) is 5.92 Å². The van der Waals surface area contributed by atoms with E-state index in [4.69, 9.17) is 0 Å². The summed E-state index contributed by atoms with van der Waals surface area (Å²) in [6, 6.07) is 0. The van der Waals surface area contributed by atoms with Crippen molar-refractivity contribution < 1.29 is 10.2 Å². The average Bonchev–Trinajstić information content (AvgIpc) is 1.95. The van der Waals surface area contributed by atoms with Crippen LogP contribution in [0.2, 0.25) is 0 Å². The van der Waals surface area contributed by atoms with Gasteiger partial charge in [-0.25, -0.2) is 0 Å². The summed E-state index contributed by atoms with van der Waals surface area (Å²) in [7, 11) is 0. The third kappa shape index (κ3) is 3.23. The molecule has 84 valence electrons. The van der Waals surface area contributed by atoms with E-state index in [1.807, 2.05) is 13.8 Å². The first-order valence-electron chi connectivity index (χ1n) is 5.67. The molecule has 1 rings (SSSR count). The Bertz CT molecular complexity index is 167. The van der Waals surface area contributed by atoms with Crippen LogP contribution in [0.3, 0.4) is 0 Å². The van der Waals surface area contributed by atoms with E-state index in [1.165, 1.54) is 6.42 Å². The molecule has 2 unspecified atom stereocenters. The van der Waals surface area contributed by atoms with Gasteiger partial charge >= 0.3 is 0 Å². The molecule has 0 amide bonds. The Morgan fingerprint density at radius 3 is 2.57 bits per heavy atom.